The van der Waals surface area contributed by atoms with Crippen molar-refractivity contribution < 1.29 is 8.78 Å². The first-order valence-electron chi connectivity index (χ1n) is 7.20. The zero-order chi connectivity index (χ0) is 12.3. The van der Waals surface area contributed by atoms with Crippen LogP contribution in [0.2, 0.25) is 0 Å². The van der Waals surface area contributed by atoms with Crippen LogP contribution in [0.15, 0.2) is 0 Å². The van der Waals surface area contributed by atoms with Crippen molar-refractivity contribution in [1.82, 2.24) is 0 Å². The summed E-state index contributed by atoms with van der Waals surface area (Å²) in [5, 5.41) is 0. The summed E-state index contributed by atoms with van der Waals surface area (Å²) >= 11 is 0. The molecule has 0 heterocycles. The number of nitrogens with two attached hydrogens (primary N) is 1. The van der Waals surface area contributed by atoms with Crippen molar-refractivity contribution in [1.29, 1.82) is 0 Å². The zero-order valence-corrected chi connectivity index (χ0v) is 10.6. The van der Waals surface area contributed by atoms with E-state index >= 15 is 0 Å². The minimum Gasteiger partial charge on any atom is -0.328 e. The van der Waals surface area contributed by atoms with Crippen LogP contribution in [-0.2, 0) is 0 Å². The van der Waals surface area contributed by atoms with Gasteiger partial charge in [0.1, 0.15) is 12.3 Å². The first-order valence-corrected chi connectivity index (χ1v) is 7.20. The minimum absolute atomic E-state index is 0.320. The highest BCUT2D eigenvalue weighted by molar-refractivity contribution is 4.83. The normalized spacial score (nSPS) is 43.6. The van der Waals surface area contributed by atoms with Crippen molar-refractivity contribution in [3.8, 4) is 0 Å². The molecule has 2 saturated carbocycles. The Balaban J connectivity index is 1.73. The van der Waals surface area contributed by atoms with E-state index in [0.717, 1.165) is 44.9 Å². The van der Waals surface area contributed by atoms with Gasteiger partial charge in [0.05, 0.1) is 0 Å². The van der Waals surface area contributed by atoms with Gasteiger partial charge in [0.2, 0.25) is 0 Å². The predicted octanol–water partition coefficient (Wildman–Crippen LogP) is 3.76. The molecule has 0 amide bonds. The maximum Gasteiger partial charge on any atom is 0.106 e. The molecule has 3 heteroatoms. The van der Waals surface area contributed by atoms with Crippen molar-refractivity contribution in [2.24, 2.45) is 17.6 Å². The van der Waals surface area contributed by atoms with E-state index in [9.17, 15) is 8.78 Å². The molecule has 0 aromatic heterocycles. The Kier molecular flexibility index (Phi) is 4.78. The molecule has 2 rings (SSSR count). The molecule has 0 aromatic carbocycles. The maximum atomic E-state index is 13.7. The van der Waals surface area contributed by atoms with E-state index in [1.165, 1.54) is 0 Å². The van der Waals surface area contributed by atoms with Crippen molar-refractivity contribution in [3.63, 3.8) is 0 Å². The van der Waals surface area contributed by atoms with Crippen LogP contribution in [0.1, 0.15) is 57.8 Å². The SMILES string of the molecule is NC1CCC(CCC2C(F)CCCC2F)CC1. The largest absolute Gasteiger partial charge is 0.328 e. The fourth-order valence-electron chi connectivity index (χ4n) is 3.43. The molecular formula is C14H25F2N. The first-order chi connectivity index (χ1) is 8.16. The molecule has 0 saturated heterocycles. The Morgan fingerprint density at radius 3 is 2.00 bits per heavy atom. The predicted molar refractivity (Wildman–Crippen MR) is 66.3 cm³/mol. The maximum absolute atomic E-state index is 13.7. The van der Waals surface area contributed by atoms with Gasteiger partial charge in [-0.2, -0.15) is 0 Å². The van der Waals surface area contributed by atoms with Crippen LogP contribution < -0.4 is 5.73 Å². The van der Waals surface area contributed by atoms with Gasteiger partial charge in [-0.25, -0.2) is 8.78 Å². The molecule has 1 nitrogen and oxygen atoms in total. The summed E-state index contributed by atoms with van der Waals surface area (Å²) in [6.45, 7) is 0. The number of rotatable bonds is 3. The van der Waals surface area contributed by atoms with Gasteiger partial charge in [-0.05, 0) is 63.7 Å². The molecule has 2 aliphatic carbocycles. The second-order valence-electron chi connectivity index (χ2n) is 5.98. The number of hydrogen-bond acceptors (Lipinski definition) is 1. The van der Waals surface area contributed by atoms with Crippen LogP contribution in [0, 0.1) is 11.8 Å². The quantitative estimate of drug-likeness (QED) is 0.805. The Hall–Kier alpha value is -0.180. The van der Waals surface area contributed by atoms with E-state index in [4.69, 9.17) is 5.73 Å². The molecule has 0 bridgehead atoms. The van der Waals surface area contributed by atoms with E-state index in [0.29, 0.717) is 24.8 Å². The number of alkyl halides is 2. The summed E-state index contributed by atoms with van der Waals surface area (Å²) in [5.74, 6) is 0.343. The number of halogens is 2. The third kappa shape index (κ3) is 3.64. The summed E-state index contributed by atoms with van der Waals surface area (Å²) < 4.78 is 27.3. The molecular weight excluding hydrogens is 220 g/mol. The zero-order valence-electron chi connectivity index (χ0n) is 10.6. The fourth-order valence-corrected chi connectivity index (χ4v) is 3.43. The minimum atomic E-state index is -0.899. The van der Waals surface area contributed by atoms with Crippen molar-refractivity contribution in [3.05, 3.63) is 0 Å². The topological polar surface area (TPSA) is 26.0 Å². The van der Waals surface area contributed by atoms with Crippen LogP contribution in [-0.4, -0.2) is 18.4 Å². The third-order valence-electron chi connectivity index (χ3n) is 4.69. The molecule has 2 atom stereocenters. The van der Waals surface area contributed by atoms with E-state index in [2.05, 4.69) is 0 Å². The molecule has 17 heavy (non-hydrogen) atoms. The molecule has 2 N–H and O–H groups in total. The van der Waals surface area contributed by atoms with Gasteiger partial charge in [-0.15, -0.1) is 0 Å². The van der Waals surface area contributed by atoms with Gasteiger partial charge in [-0.3, -0.25) is 0 Å². The summed E-state index contributed by atoms with van der Waals surface area (Å²) in [7, 11) is 0. The lowest BCUT2D eigenvalue weighted by atomic mass is 9.78. The lowest BCUT2D eigenvalue weighted by Gasteiger charge is -2.32. The average Bonchev–Trinajstić information content (AvgIpc) is 2.31. The summed E-state index contributed by atoms with van der Waals surface area (Å²) in [6, 6.07) is 0.365. The van der Waals surface area contributed by atoms with Gasteiger partial charge < -0.3 is 5.73 Å². The molecule has 2 unspecified atom stereocenters. The van der Waals surface area contributed by atoms with E-state index in [1.807, 2.05) is 0 Å². The summed E-state index contributed by atoms with van der Waals surface area (Å²) in [5.41, 5.74) is 5.86. The van der Waals surface area contributed by atoms with Crippen LogP contribution >= 0.6 is 0 Å². The van der Waals surface area contributed by atoms with Gasteiger partial charge in [-0.1, -0.05) is 0 Å². The van der Waals surface area contributed by atoms with E-state index < -0.39 is 12.3 Å². The van der Waals surface area contributed by atoms with Crippen LogP contribution in [0.25, 0.3) is 0 Å². The highest BCUT2D eigenvalue weighted by Gasteiger charge is 2.33. The van der Waals surface area contributed by atoms with Crippen molar-refractivity contribution in [2.75, 3.05) is 0 Å². The molecule has 0 aromatic rings. The Morgan fingerprint density at radius 2 is 1.41 bits per heavy atom. The number of hydrogen-bond donors (Lipinski definition) is 1. The Labute approximate surface area is 103 Å². The fraction of sp³-hybridized carbons (Fsp3) is 1.00. The molecule has 0 spiro atoms. The lowest BCUT2D eigenvalue weighted by molar-refractivity contribution is 0.0636. The molecule has 0 radical (unpaired) electrons. The molecule has 0 aliphatic heterocycles. The second-order valence-corrected chi connectivity index (χ2v) is 5.98. The second kappa shape index (κ2) is 6.12. The summed E-state index contributed by atoms with van der Waals surface area (Å²) in [4.78, 5) is 0. The monoisotopic (exact) mass is 245 g/mol. The average molecular weight is 245 g/mol. The first kappa shape index (κ1) is 13.3. The van der Waals surface area contributed by atoms with Crippen LogP contribution in [0.3, 0.4) is 0 Å². The molecule has 2 aliphatic rings. The van der Waals surface area contributed by atoms with Gasteiger partial charge in [0, 0.05) is 12.0 Å². The van der Waals surface area contributed by atoms with Crippen LogP contribution in [0.4, 0.5) is 8.78 Å². The van der Waals surface area contributed by atoms with Crippen LogP contribution in [0.5, 0.6) is 0 Å². The van der Waals surface area contributed by atoms with E-state index in [1.54, 1.807) is 0 Å². The van der Waals surface area contributed by atoms with E-state index in [-0.39, 0.29) is 5.92 Å². The third-order valence-corrected chi connectivity index (χ3v) is 4.69. The van der Waals surface area contributed by atoms with Crippen molar-refractivity contribution in [2.45, 2.75) is 76.2 Å². The molecule has 100 valence electrons. The smallest absolute Gasteiger partial charge is 0.106 e. The summed E-state index contributed by atoms with van der Waals surface area (Å²) in [6.07, 6.45) is 6.29. The van der Waals surface area contributed by atoms with Crippen molar-refractivity contribution >= 4 is 0 Å². The highest BCUT2D eigenvalue weighted by Crippen LogP contribution is 2.36. The Morgan fingerprint density at radius 1 is 0.824 bits per heavy atom. The van der Waals surface area contributed by atoms with Gasteiger partial charge in [0.25, 0.3) is 0 Å². The van der Waals surface area contributed by atoms with Gasteiger partial charge >= 0.3 is 0 Å². The Bertz CT molecular complexity index is 216. The lowest BCUT2D eigenvalue weighted by Crippen LogP contribution is -2.32. The molecule has 2 fully saturated rings. The standard InChI is InChI=1S/C14H25F2N/c15-13-2-1-3-14(16)12(13)9-6-10-4-7-11(17)8-5-10/h10-14H,1-9,17H2. The highest BCUT2D eigenvalue weighted by atomic mass is 19.1. The van der Waals surface area contributed by atoms with Gasteiger partial charge in [0.15, 0.2) is 0 Å².